The monoisotopic (exact) mass is 423 g/mol. The Hall–Kier alpha value is -1.60. The molecule has 0 saturated heterocycles. The molecular formula is C22H37N3O3S. The number of nitrogens with zero attached hydrogens (tertiary/aromatic N) is 1. The van der Waals surface area contributed by atoms with Crippen LogP contribution in [0, 0.1) is 12.3 Å². The number of aryl methyl sites for hydroxylation is 1. The molecule has 2 rings (SSSR count). The molecule has 1 aliphatic carbocycles. The maximum Gasteiger partial charge on any atom is 0.191 e. The van der Waals surface area contributed by atoms with E-state index in [1.54, 1.807) is 6.07 Å². The lowest BCUT2D eigenvalue weighted by atomic mass is 9.83. The van der Waals surface area contributed by atoms with Gasteiger partial charge in [0.15, 0.2) is 15.8 Å². The summed E-state index contributed by atoms with van der Waals surface area (Å²) in [6.45, 7) is 9.72. The minimum absolute atomic E-state index is 0.291. The van der Waals surface area contributed by atoms with Gasteiger partial charge in [-0.1, -0.05) is 25.0 Å². The van der Waals surface area contributed by atoms with Crippen LogP contribution < -0.4 is 10.6 Å². The number of nitrogens with one attached hydrogen (secondary N) is 2. The van der Waals surface area contributed by atoms with E-state index in [4.69, 9.17) is 9.73 Å². The highest BCUT2D eigenvalue weighted by Gasteiger charge is 2.33. The van der Waals surface area contributed by atoms with E-state index in [9.17, 15) is 8.42 Å². The molecule has 1 aliphatic rings. The van der Waals surface area contributed by atoms with Crippen LogP contribution in [0.2, 0.25) is 0 Å². The number of rotatable bonds is 10. The van der Waals surface area contributed by atoms with E-state index in [1.807, 2.05) is 26.0 Å². The fourth-order valence-corrected chi connectivity index (χ4v) is 5.04. The van der Waals surface area contributed by atoms with Gasteiger partial charge in [0.2, 0.25) is 0 Å². The SMILES string of the molecule is CCNC(=NCc1ccc(S(C)(=O)=O)c(C)c1)NCC1(CCOCC)CCCC1. The third-order valence-electron chi connectivity index (χ3n) is 5.68. The minimum atomic E-state index is -3.20. The van der Waals surface area contributed by atoms with Crippen LogP contribution in [0.25, 0.3) is 0 Å². The number of hydrogen-bond donors (Lipinski definition) is 2. The third-order valence-corrected chi connectivity index (χ3v) is 6.94. The van der Waals surface area contributed by atoms with Gasteiger partial charge in [-0.2, -0.15) is 0 Å². The Kier molecular flexibility index (Phi) is 8.96. The predicted octanol–water partition coefficient (Wildman–Crippen LogP) is 3.44. The first-order chi connectivity index (χ1) is 13.8. The van der Waals surface area contributed by atoms with Crippen molar-refractivity contribution in [3.8, 4) is 0 Å². The molecule has 0 aliphatic heterocycles. The average Bonchev–Trinajstić information content (AvgIpc) is 3.12. The van der Waals surface area contributed by atoms with E-state index in [1.165, 1.54) is 31.9 Å². The van der Waals surface area contributed by atoms with E-state index in [-0.39, 0.29) is 0 Å². The van der Waals surface area contributed by atoms with Crippen molar-refractivity contribution in [1.29, 1.82) is 0 Å². The van der Waals surface area contributed by atoms with Gasteiger partial charge in [0.1, 0.15) is 0 Å². The molecule has 0 unspecified atom stereocenters. The Morgan fingerprint density at radius 2 is 1.93 bits per heavy atom. The lowest BCUT2D eigenvalue weighted by Gasteiger charge is -2.30. The van der Waals surface area contributed by atoms with Crippen LogP contribution in [0.15, 0.2) is 28.1 Å². The summed E-state index contributed by atoms with van der Waals surface area (Å²) in [5.41, 5.74) is 2.05. The second-order valence-electron chi connectivity index (χ2n) is 8.07. The summed E-state index contributed by atoms with van der Waals surface area (Å²) in [4.78, 5) is 5.10. The molecule has 0 spiro atoms. The molecule has 164 valence electrons. The number of aliphatic imine (C=N–C) groups is 1. The number of guanidine groups is 1. The molecule has 0 aromatic heterocycles. The Morgan fingerprint density at radius 1 is 1.21 bits per heavy atom. The smallest absolute Gasteiger partial charge is 0.191 e. The third kappa shape index (κ3) is 7.30. The zero-order chi connectivity index (χ0) is 21.3. The van der Waals surface area contributed by atoms with E-state index >= 15 is 0 Å². The first-order valence-corrected chi connectivity index (χ1v) is 12.6. The first kappa shape index (κ1) is 23.7. The van der Waals surface area contributed by atoms with E-state index < -0.39 is 9.84 Å². The lowest BCUT2D eigenvalue weighted by molar-refractivity contribution is 0.105. The maximum absolute atomic E-state index is 11.8. The number of benzene rings is 1. The van der Waals surface area contributed by atoms with E-state index in [0.29, 0.717) is 16.9 Å². The largest absolute Gasteiger partial charge is 0.382 e. The summed E-state index contributed by atoms with van der Waals surface area (Å²) < 4.78 is 29.2. The summed E-state index contributed by atoms with van der Waals surface area (Å²) in [6.07, 6.45) is 7.36. The van der Waals surface area contributed by atoms with E-state index in [2.05, 4.69) is 17.6 Å². The first-order valence-electron chi connectivity index (χ1n) is 10.7. The summed E-state index contributed by atoms with van der Waals surface area (Å²) in [7, 11) is -3.20. The molecule has 29 heavy (non-hydrogen) atoms. The lowest BCUT2D eigenvalue weighted by Crippen LogP contribution is -2.43. The van der Waals surface area contributed by atoms with Crippen LogP contribution in [0.3, 0.4) is 0 Å². The maximum atomic E-state index is 11.8. The Bertz CT molecular complexity index is 784. The molecule has 0 radical (unpaired) electrons. The average molecular weight is 424 g/mol. The van der Waals surface area contributed by atoms with Gasteiger partial charge in [0.25, 0.3) is 0 Å². The molecule has 1 saturated carbocycles. The molecule has 7 heteroatoms. The Balaban J connectivity index is 2.03. The summed E-state index contributed by atoms with van der Waals surface area (Å²) in [5, 5.41) is 6.86. The molecule has 6 nitrogen and oxygen atoms in total. The van der Waals surface area contributed by atoms with Crippen LogP contribution in [-0.2, 0) is 21.1 Å². The molecule has 1 aromatic carbocycles. The van der Waals surface area contributed by atoms with Crippen molar-refractivity contribution in [1.82, 2.24) is 10.6 Å². The van der Waals surface area contributed by atoms with Gasteiger partial charge >= 0.3 is 0 Å². The van der Waals surface area contributed by atoms with Crippen molar-refractivity contribution in [2.45, 2.75) is 64.3 Å². The standard InChI is InChI=1S/C22H37N3O3S/c1-5-23-21(25-17-22(11-7-8-12-22)13-14-28-6-2)24-16-19-9-10-20(18(3)15-19)29(4,26)27/h9-10,15H,5-8,11-14,16-17H2,1-4H3,(H2,23,24,25). The van der Waals surface area contributed by atoms with Crippen molar-refractivity contribution in [2.24, 2.45) is 10.4 Å². The fraction of sp³-hybridized carbons (Fsp3) is 0.682. The highest BCUT2D eigenvalue weighted by Crippen LogP contribution is 2.40. The van der Waals surface area contributed by atoms with Crippen molar-refractivity contribution >= 4 is 15.8 Å². The molecule has 0 bridgehead atoms. The quantitative estimate of drug-likeness (QED) is 0.342. The number of hydrogen-bond acceptors (Lipinski definition) is 4. The van der Waals surface area contributed by atoms with Crippen LogP contribution in [-0.4, -0.2) is 46.9 Å². The molecule has 0 heterocycles. The molecule has 2 N–H and O–H groups in total. The predicted molar refractivity (Wildman–Crippen MR) is 119 cm³/mol. The second-order valence-corrected chi connectivity index (χ2v) is 10.1. The van der Waals surface area contributed by atoms with Crippen LogP contribution in [0.4, 0.5) is 0 Å². The van der Waals surface area contributed by atoms with Gasteiger partial charge < -0.3 is 15.4 Å². The van der Waals surface area contributed by atoms with Gasteiger partial charge in [-0.25, -0.2) is 13.4 Å². The van der Waals surface area contributed by atoms with Gasteiger partial charge in [0.05, 0.1) is 11.4 Å². The van der Waals surface area contributed by atoms with Crippen molar-refractivity contribution in [3.63, 3.8) is 0 Å². The van der Waals surface area contributed by atoms with Crippen LogP contribution in [0.1, 0.15) is 57.1 Å². The van der Waals surface area contributed by atoms with Crippen LogP contribution >= 0.6 is 0 Å². The molecule has 0 atom stereocenters. The van der Waals surface area contributed by atoms with E-state index in [0.717, 1.165) is 49.8 Å². The zero-order valence-corrected chi connectivity index (χ0v) is 19.2. The highest BCUT2D eigenvalue weighted by molar-refractivity contribution is 7.90. The van der Waals surface area contributed by atoms with Crippen molar-refractivity contribution < 1.29 is 13.2 Å². The topological polar surface area (TPSA) is 79.8 Å². The number of ether oxygens (including phenoxy) is 1. The molecule has 1 aromatic rings. The van der Waals surface area contributed by atoms with Gasteiger partial charge in [0, 0.05) is 32.6 Å². The summed E-state index contributed by atoms with van der Waals surface area (Å²) in [6, 6.07) is 5.43. The van der Waals surface area contributed by atoms with Gasteiger partial charge in [-0.15, -0.1) is 0 Å². The van der Waals surface area contributed by atoms with Crippen molar-refractivity contribution in [2.75, 3.05) is 32.6 Å². The highest BCUT2D eigenvalue weighted by atomic mass is 32.2. The summed E-state index contributed by atoms with van der Waals surface area (Å²) in [5.74, 6) is 0.806. The van der Waals surface area contributed by atoms with Crippen LogP contribution in [0.5, 0.6) is 0 Å². The molecule has 1 fully saturated rings. The molecule has 0 amide bonds. The fourth-order valence-electron chi connectivity index (χ4n) is 4.08. The summed E-state index contributed by atoms with van der Waals surface area (Å²) >= 11 is 0. The molecular weight excluding hydrogens is 386 g/mol. The second kappa shape index (κ2) is 11.0. The van der Waals surface area contributed by atoms with Gasteiger partial charge in [-0.3, -0.25) is 0 Å². The van der Waals surface area contributed by atoms with Crippen molar-refractivity contribution in [3.05, 3.63) is 29.3 Å². The Morgan fingerprint density at radius 3 is 2.52 bits per heavy atom. The normalized spacial score (nSPS) is 16.8. The van der Waals surface area contributed by atoms with Gasteiger partial charge in [-0.05, 0) is 62.6 Å². The Labute approximate surface area is 176 Å². The minimum Gasteiger partial charge on any atom is -0.382 e. The zero-order valence-electron chi connectivity index (χ0n) is 18.4. The number of sulfone groups is 1.